The topological polar surface area (TPSA) is 80.6 Å². The van der Waals surface area contributed by atoms with Crippen LogP contribution in [0, 0.1) is 0 Å². The normalized spacial score (nSPS) is 16.7. The van der Waals surface area contributed by atoms with Crippen molar-refractivity contribution < 1.29 is 19.4 Å². The molecule has 19 heavy (non-hydrogen) atoms. The van der Waals surface area contributed by atoms with Gasteiger partial charge in [-0.2, -0.15) is 0 Å². The molecule has 1 saturated carbocycles. The maximum absolute atomic E-state index is 11.5. The minimum atomic E-state index is -0.804. The molecule has 1 aliphatic carbocycles. The Kier molecular flexibility index (Phi) is 3.61. The lowest BCUT2D eigenvalue weighted by molar-refractivity contribution is -0.148. The van der Waals surface area contributed by atoms with Gasteiger partial charge in [0.25, 0.3) is 0 Å². The molecule has 0 amide bonds. The number of carboxylic acids is 1. The van der Waals surface area contributed by atoms with Crippen LogP contribution in [-0.4, -0.2) is 34.3 Å². The van der Waals surface area contributed by atoms with Crippen LogP contribution in [0.5, 0.6) is 0 Å². The highest BCUT2D eigenvalue weighted by atomic mass is 16.5. The van der Waals surface area contributed by atoms with Gasteiger partial charge in [0.05, 0.1) is 7.11 Å². The van der Waals surface area contributed by atoms with Crippen molar-refractivity contribution in [1.29, 1.82) is 0 Å². The van der Waals surface area contributed by atoms with Crippen LogP contribution in [0.3, 0.4) is 0 Å². The Labute approximate surface area is 111 Å². The van der Waals surface area contributed by atoms with E-state index in [-0.39, 0.29) is 0 Å². The fraction of sp³-hybridized carbons (Fsp3) is 0.538. The van der Waals surface area contributed by atoms with Crippen LogP contribution in [0.15, 0.2) is 12.1 Å². The van der Waals surface area contributed by atoms with E-state index in [9.17, 15) is 14.7 Å². The molecule has 0 bridgehead atoms. The smallest absolute Gasteiger partial charge is 0.354 e. The summed E-state index contributed by atoms with van der Waals surface area (Å²) in [5.41, 5.74) is 0.514. The van der Waals surface area contributed by atoms with E-state index in [1.807, 2.05) is 0 Å². The van der Waals surface area contributed by atoms with Gasteiger partial charge >= 0.3 is 11.9 Å². The summed E-state index contributed by atoms with van der Waals surface area (Å²) < 4.78 is 6.39. The third-order valence-electron chi connectivity index (χ3n) is 3.84. The third-order valence-corrected chi connectivity index (χ3v) is 3.84. The molecule has 0 atom stereocenters. The molecular formula is C13H18N2O4. The van der Waals surface area contributed by atoms with Gasteiger partial charge in [0.15, 0.2) is 0 Å². The zero-order chi connectivity index (χ0) is 14.0. The van der Waals surface area contributed by atoms with E-state index in [0.29, 0.717) is 25.1 Å². The summed E-state index contributed by atoms with van der Waals surface area (Å²) >= 11 is 0. The number of carbonyl (C=O) groups is 2. The molecule has 6 nitrogen and oxygen atoms in total. The number of aliphatic carboxylic acids is 1. The predicted molar refractivity (Wildman–Crippen MR) is 67.8 cm³/mol. The lowest BCUT2D eigenvalue weighted by Crippen LogP contribution is -2.56. The molecule has 1 fully saturated rings. The second-order valence-electron chi connectivity index (χ2n) is 4.85. The Morgan fingerprint density at radius 1 is 1.47 bits per heavy atom. The van der Waals surface area contributed by atoms with Crippen LogP contribution < -0.4 is 5.32 Å². The molecule has 104 valence electrons. The molecule has 0 spiro atoms. The van der Waals surface area contributed by atoms with Crippen LogP contribution in [0.2, 0.25) is 0 Å². The van der Waals surface area contributed by atoms with Gasteiger partial charge in [-0.15, -0.1) is 0 Å². The average molecular weight is 266 g/mol. The molecule has 1 aliphatic rings. The summed E-state index contributed by atoms with van der Waals surface area (Å²) in [5, 5.41) is 12.3. The van der Waals surface area contributed by atoms with Crippen molar-refractivity contribution in [2.45, 2.75) is 31.3 Å². The standard InChI is InChI=1S/C13H18N2O4/c1-15-9(4-5-10(15)11(16)19-2)8-14-13(12(17)18)6-3-7-13/h4-5,14H,3,6-8H2,1-2H3,(H,17,18). The summed E-state index contributed by atoms with van der Waals surface area (Å²) in [7, 11) is 3.10. The first-order valence-corrected chi connectivity index (χ1v) is 6.21. The number of ether oxygens (including phenoxy) is 1. The predicted octanol–water partition coefficient (Wildman–Crippen LogP) is 0.909. The van der Waals surface area contributed by atoms with Crippen molar-refractivity contribution in [2.24, 2.45) is 7.05 Å². The van der Waals surface area contributed by atoms with Gasteiger partial charge in [0, 0.05) is 19.3 Å². The van der Waals surface area contributed by atoms with Gasteiger partial charge in [-0.1, -0.05) is 0 Å². The van der Waals surface area contributed by atoms with Gasteiger partial charge in [0.1, 0.15) is 11.2 Å². The highest BCUT2D eigenvalue weighted by Gasteiger charge is 2.43. The Morgan fingerprint density at radius 3 is 2.63 bits per heavy atom. The molecule has 6 heteroatoms. The maximum atomic E-state index is 11.5. The Bertz CT molecular complexity index is 503. The van der Waals surface area contributed by atoms with Crippen molar-refractivity contribution in [2.75, 3.05) is 7.11 Å². The molecule has 2 rings (SSSR count). The number of aromatic nitrogens is 1. The fourth-order valence-corrected chi connectivity index (χ4v) is 2.30. The van der Waals surface area contributed by atoms with Crippen LogP contribution in [-0.2, 0) is 23.1 Å². The zero-order valence-corrected chi connectivity index (χ0v) is 11.1. The van der Waals surface area contributed by atoms with E-state index in [4.69, 9.17) is 0 Å². The van der Waals surface area contributed by atoms with Gasteiger partial charge in [-0.25, -0.2) is 4.79 Å². The number of carbonyl (C=O) groups excluding carboxylic acids is 1. The number of hydrogen-bond acceptors (Lipinski definition) is 4. The van der Waals surface area contributed by atoms with Crippen molar-refractivity contribution in [3.63, 3.8) is 0 Å². The molecule has 1 heterocycles. The lowest BCUT2D eigenvalue weighted by Gasteiger charge is -2.38. The van der Waals surface area contributed by atoms with Gasteiger partial charge in [-0.3, -0.25) is 10.1 Å². The van der Waals surface area contributed by atoms with E-state index in [2.05, 4.69) is 10.1 Å². The van der Waals surface area contributed by atoms with E-state index in [1.165, 1.54) is 7.11 Å². The monoisotopic (exact) mass is 266 g/mol. The largest absolute Gasteiger partial charge is 0.480 e. The maximum Gasteiger partial charge on any atom is 0.354 e. The van der Waals surface area contributed by atoms with Crippen molar-refractivity contribution in [3.8, 4) is 0 Å². The van der Waals surface area contributed by atoms with Crippen molar-refractivity contribution in [3.05, 3.63) is 23.5 Å². The molecule has 0 aromatic carbocycles. The van der Waals surface area contributed by atoms with E-state index < -0.39 is 17.5 Å². The molecule has 0 aliphatic heterocycles. The third kappa shape index (κ3) is 2.35. The van der Waals surface area contributed by atoms with E-state index >= 15 is 0 Å². The second kappa shape index (κ2) is 5.05. The highest BCUT2D eigenvalue weighted by Crippen LogP contribution is 2.32. The first-order valence-electron chi connectivity index (χ1n) is 6.21. The Balaban J connectivity index is 2.06. The number of rotatable bonds is 5. The minimum Gasteiger partial charge on any atom is -0.480 e. The average Bonchev–Trinajstić information content (AvgIpc) is 2.68. The van der Waals surface area contributed by atoms with Crippen LogP contribution in [0.25, 0.3) is 0 Å². The van der Waals surface area contributed by atoms with Crippen LogP contribution in [0.4, 0.5) is 0 Å². The number of esters is 1. The van der Waals surface area contributed by atoms with Crippen molar-refractivity contribution >= 4 is 11.9 Å². The first-order chi connectivity index (χ1) is 9.00. The zero-order valence-electron chi connectivity index (χ0n) is 11.1. The van der Waals surface area contributed by atoms with Crippen molar-refractivity contribution in [1.82, 2.24) is 9.88 Å². The highest BCUT2D eigenvalue weighted by molar-refractivity contribution is 5.87. The molecular weight excluding hydrogens is 248 g/mol. The number of hydrogen-bond donors (Lipinski definition) is 2. The van der Waals surface area contributed by atoms with Crippen LogP contribution in [0.1, 0.15) is 35.4 Å². The quantitative estimate of drug-likeness (QED) is 0.774. The summed E-state index contributed by atoms with van der Waals surface area (Å²) in [6.07, 6.45) is 2.23. The summed E-state index contributed by atoms with van der Waals surface area (Å²) in [6, 6.07) is 3.48. The first kappa shape index (κ1) is 13.6. The molecule has 2 N–H and O–H groups in total. The lowest BCUT2D eigenvalue weighted by atomic mass is 9.77. The Hall–Kier alpha value is -1.82. The van der Waals surface area contributed by atoms with Gasteiger partial charge < -0.3 is 14.4 Å². The summed E-state index contributed by atoms with van der Waals surface area (Å²) in [4.78, 5) is 22.7. The van der Waals surface area contributed by atoms with Gasteiger partial charge in [-0.05, 0) is 31.4 Å². The second-order valence-corrected chi connectivity index (χ2v) is 4.85. The molecule has 1 aromatic heterocycles. The fourth-order valence-electron chi connectivity index (χ4n) is 2.30. The summed E-state index contributed by atoms with van der Waals surface area (Å²) in [5.74, 6) is -1.20. The Morgan fingerprint density at radius 2 is 2.16 bits per heavy atom. The van der Waals surface area contributed by atoms with E-state index in [1.54, 1.807) is 23.7 Å². The number of nitrogens with zero attached hydrogens (tertiary/aromatic N) is 1. The number of nitrogens with one attached hydrogen (secondary N) is 1. The van der Waals surface area contributed by atoms with Gasteiger partial charge in [0.2, 0.25) is 0 Å². The molecule has 0 saturated heterocycles. The number of methoxy groups -OCH3 is 1. The molecule has 0 unspecified atom stereocenters. The van der Waals surface area contributed by atoms with E-state index in [0.717, 1.165) is 12.1 Å². The minimum absolute atomic E-state index is 0.398. The van der Waals surface area contributed by atoms with Crippen LogP contribution >= 0.6 is 0 Å². The number of carboxylic acid groups (broad SMARTS) is 1. The molecule has 1 aromatic rings. The molecule has 0 radical (unpaired) electrons. The summed E-state index contributed by atoms with van der Waals surface area (Å²) in [6.45, 7) is 0.416. The SMILES string of the molecule is COC(=O)c1ccc(CNC2(C(=O)O)CCC2)n1C.